The van der Waals surface area contributed by atoms with E-state index in [4.69, 9.17) is 26.1 Å². The second-order valence-corrected chi connectivity index (χ2v) is 12.1. The number of ether oxygens (including phenoxy) is 2. The highest BCUT2D eigenvalue weighted by atomic mass is 79.9. The van der Waals surface area contributed by atoms with Crippen LogP contribution in [0.3, 0.4) is 0 Å². The predicted octanol–water partition coefficient (Wildman–Crippen LogP) is 5.61. The Morgan fingerprint density at radius 1 is 1.15 bits per heavy atom. The van der Waals surface area contributed by atoms with Crippen molar-refractivity contribution in [1.82, 2.24) is 4.98 Å². The monoisotopic (exact) mass is 570 g/mol. The minimum Gasteiger partial charge on any atom is -0.497 e. The van der Waals surface area contributed by atoms with Gasteiger partial charge in [0.05, 0.1) is 35.1 Å². The van der Waals surface area contributed by atoms with Crippen LogP contribution >= 0.6 is 38.9 Å². The summed E-state index contributed by atoms with van der Waals surface area (Å²) in [7, 11) is -0.213. The van der Waals surface area contributed by atoms with Gasteiger partial charge >= 0.3 is 0 Å². The maximum atomic E-state index is 13.1. The number of hydrogen-bond acceptors (Lipinski definition) is 7. The van der Waals surface area contributed by atoms with E-state index in [-0.39, 0.29) is 9.92 Å². The molecule has 0 saturated carbocycles. The van der Waals surface area contributed by atoms with Gasteiger partial charge in [0, 0.05) is 41.0 Å². The predicted molar refractivity (Wildman–Crippen MR) is 136 cm³/mol. The van der Waals surface area contributed by atoms with Crippen molar-refractivity contribution < 1.29 is 17.9 Å². The van der Waals surface area contributed by atoms with Gasteiger partial charge in [0.25, 0.3) is 0 Å². The molecule has 0 N–H and O–H groups in total. The zero-order chi connectivity index (χ0) is 23.6. The standard InChI is InChI=1S/C23H24BrClN2O4S2/c1-30-18-5-3-15(21(13-18)31-2)11-17-14-32-23(26-17)27-9-7-19(8-10-27)33(28,29)22-6-4-16(24)12-20(22)25/h3-6,12-14,19H,7-11H2,1-2H3. The summed E-state index contributed by atoms with van der Waals surface area (Å²) >= 11 is 11.1. The molecule has 0 amide bonds. The molecule has 176 valence electrons. The van der Waals surface area contributed by atoms with Gasteiger partial charge in [-0.15, -0.1) is 11.3 Å². The van der Waals surface area contributed by atoms with Crippen LogP contribution in [0.5, 0.6) is 11.5 Å². The largest absolute Gasteiger partial charge is 0.497 e. The normalized spacial score (nSPS) is 15.0. The zero-order valence-electron chi connectivity index (χ0n) is 18.3. The highest BCUT2D eigenvalue weighted by Crippen LogP contribution is 2.34. The molecule has 0 radical (unpaired) electrons. The Morgan fingerprint density at radius 2 is 1.91 bits per heavy atom. The molecule has 0 spiro atoms. The van der Waals surface area contributed by atoms with Gasteiger partial charge in [-0.05, 0) is 37.1 Å². The van der Waals surface area contributed by atoms with E-state index < -0.39 is 15.1 Å². The fraction of sp³-hybridized carbons (Fsp3) is 0.348. The Morgan fingerprint density at radius 3 is 2.58 bits per heavy atom. The van der Waals surface area contributed by atoms with Crippen molar-refractivity contribution >= 4 is 53.8 Å². The molecule has 10 heteroatoms. The van der Waals surface area contributed by atoms with Crippen molar-refractivity contribution in [1.29, 1.82) is 0 Å². The fourth-order valence-electron chi connectivity index (χ4n) is 3.96. The van der Waals surface area contributed by atoms with Crippen molar-refractivity contribution in [2.75, 3.05) is 32.2 Å². The molecule has 6 nitrogen and oxygen atoms in total. The molecular weight excluding hydrogens is 548 g/mol. The number of thiazole rings is 1. The number of piperidine rings is 1. The van der Waals surface area contributed by atoms with E-state index in [2.05, 4.69) is 20.8 Å². The summed E-state index contributed by atoms with van der Waals surface area (Å²) in [5.41, 5.74) is 1.99. The Hall–Kier alpha value is -1.81. The molecule has 1 saturated heterocycles. The van der Waals surface area contributed by atoms with Gasteiger partial charge in [0.2, 0.25) is 0 Å². The average Bonchev–Trinajstić information content (AvgIpc) is 3.27. The van der Waals surface area contributed by atoms with Gasteiger partial charge in [0.1, 0.15) is 11.5 Å². The van der Waals surface area contributed by atoms with Crippen LogP contribution in [-0.2, 0) is 16.3 Å². The van der Waals surface area contributed by atoms with Crippen LogP contribution in [0.25, 0.3) is 0 Å². The van der Waals surface area contributed by atoms with Crippen molar-refractivity contribution in [3.05, 3.63) is 62.5 Å². The van der Waals surface area contributed by atoms with Crippen molar-refractivity contribution in [2.45, 2.75) is 29.4 Å². The number of halogens is 2. The fourth-order valence-corrected chi connectivity index (χ4v) is 7.61. The van der Waals surface area contributed by atoms with E-state index in [9.17, 15) is 8.42 Å². The molecule has 2 heterocycles. The van der Waals surface area contributed by atoms with E-state index in [0.717, 1.165) is 32.4 Å². The smallest absolute Gasteiger partial charge is 0.185 e. The van der Waals surface area contributed by atoms with Gasteiger partial charge in [0.15, 0.2) is 15.0 Å². The lowest BCUT2D eigenvalue weighted by Crippen LogP contribution is -2.39. The van der Waals surface area contributed by atoms with Gasteiger partial charge < -0.3 is 14.4 Å². The molecule has 0 bridgehead atoms. The summed E-state index contributed by atoms with van der Waals surface area (Å²) in [6, 6.07) is 10.7. The molecule has 1 aromatic heterocycles. The van der Waals surface area contributed by atoms with Crippen LogP contribution in [0.1, 0.15) is 24.1 Å². The van der Waals surface area contributed by atoms with Crippen molar-refractivity contribution in [2.24, 2.45) is 0 Å². The van der Waals surface area contributed by atoms with Crippen LogP contribution in [0.2, 0.25) is 5.02 Å². The molecule has 0 aliphatic carbocycles. The third kappa shape index (κ3) is 5.31. The van der Waals surface area contributed by atoms with Gasteiger partial charge in [-0.1, -0.05) is 33.6 Å². The Labute approximate surface area is 211 Å². The second-order valence-electron chi connectivity index (χ2n) is 7.78. The number of anilines is 1. The first kappa shape index (κ1) is 24.3. The third-order valence-electron chi connectivity index (χ3n) is 5.76. The first-order valence-electron chi connectivity index (χ1n) is 10.4. The number of aromatic nitrogens is 1. The van der Waals surface area contributed by atoms with Crippen LogP contribution in [0, 0.1) is 0 Å². The van der Waals surface area contributed by atoms with Crippen LogP contribution in [-0.4, -0.2) is 46.0 Å². The lowest BCUT2D eigenvalue weighted by Gasteiger charge is -2.31. The van der Waals surface area contributed by atoms with E-state index in [1.54, 1.807) is 43.8 Å². The summed E-state index contributed by atoms with van der Waals surface area (Å²) in [6.45, 7) is 1.27. The molecule has 4 rings (SSSR count). The van der Waals surface area contributed by atoms with Gasteiger partial charge in [-0.3, -0.25) is 0 Å². The molecule has 0 atom stereocenters. The molecule has 1 aliphatic rings. The lowest BCUT2D eigenvalue weighted by atomic mass is 10.1. The molecule has 1 fully saturated rings. The highest BCUT2D eigenvalue weighted by molar-refractivity contribution is 9.10. The second kappa shape index (κ2) is 10.2. The maximum Gasteiger partial charge on any atom is 0.185 e. The van der Waals surface area contributed by atoms with Crippen LogP contribution in [0.4, 0.5) is 5.13 Å². The molecule has 2 aromatic carbocycles. The van der Waals surface area contributed by atoms with Gasteiger partial charge in [-0.2, -0.15) is 0 Å². The maximum absolute atomic E-state index is 13.1. The molecular formula is C23H24BrClN2O4S2. The van der Waals surface area contributed by atoms with Crippen molar-refractivity contribution in [3.63, 3.8) is 0 Å². The quantitative estimate of drug-likeness (QED) is 0.367. The molecule has 0 unspecified atom stereocenters. The number of hydrogen-bond donors (Lipinski definition) is 0. The number of rotatable bonds is 7. The van der Waals surface area contributed by atoms with E-state index in [1.807, 2.05) is 23.6 Å². The van der Waals surface area contributed by atoms with Gasteiger partial charge in [-0.25, -0.2) is 13.4 Å². The van der Waals surface area contributed by atoms with E-state index >= 15 is 0 Å². The Bertz CT molecular complexity index is 1240. The molecule has 3 aromatic rings. The number of methoxy groups -OCH3 is 2. The third-order valence-corrected chi connectivity index (χ3v) is 9.94. The lowest BCUT2D eigenvalue weighted by molar-refractivity contribution is 0.391. The summed E-state index contributed by atoms with van der Waals surface area (Å²) in [5, 5.41) is 2.76. The van der Waals surface area contributed by atoms with E-state index in [0.29, 0.717) is 32.4 Å². The zero-order valence-corrected chi connectivity index (χ0v) is 22.2. The Balaban J connectivity index is 1.42. The topological polar surface area (TPSA) is 68.7 Å². The van der Waals surface area contributed by atoms with Crippen LogP contribution in [0.15, 0.2) is 51.1 Å². The van der Waals surface area contributed by atoms with E-state index in [1.165, 1.54) is 0 Å². The first-order valence-corrected chi connectivity index (χ1v) is 14.0. The molecule has 1 aliphatic heterocycles. The van der Waals surface area contributed by atoms with Crippen LogP contribution < -0.4 is 14.4 Å². The summed E-state index contributed by atoms with van der Waals surface area (Å²) in [6.07, 6.45) is 1.72. The number of nitrogens with zero attached hydrogens (tertiary/aromatic N) is 2. The van der Waals surface area contributed by atoms with Crippen molar-refractivity contribution in [3.8, 4) is 11.5 Å². The minimum absolute atomic E-state index is 0.204. The molecule has 33 heavy (non-hydrogen) atoms. The summed E-state index contributed by atoms with van der Waals surface area (Å²) in [4.78, 5) is 7.16. The number of sulfone groups is 1. The highest BCUT2D eigenvalue weighted by Gasteiger charge is 2.33. The Kier molecular flexibility index (Phi) is 7.53. The SMILES string of the molecule is COc1ccc(Cc2csc(N3CCC(S(=O)(=O)c4ccc(Br)cc4Cl)CC3)n2)c(OC)c1. The first-order chi connectivity index (χ1) is 15.8. The summed E-state index contributed by atoms with van der Waals surface area (Å²) in [5.74, 6) is 1.51. The average molecular weight is 572 g/mol. The number of benzene rings is 2. The summed E-state index contributed by atoms with van der Waals surface area (Å²) < 4.78 is 37.8. The minimum atomic E-state index is -3.48.